The predicted molar refractivity (Wildman–Crippen MR) is 152 cm³/mol. The lowest BCUT2D eigenvalue weighted by atomic mass is 9.73. The number of hydrogen-bond donors (Lipinski definition) is 1. The van der Waals surface area contributed by atoms with Crippen LogP contribution in [0.15, 0.2) is 49.8 Å². The summed E-state index contributed by atoms with van der Waals surface area (Å²) >= 11 is 2.14. The van der Waals surface area contributed by atoms with Gasteiger partial charge in [-0.3, -0.25) is 9.79 Å². The van der Waals surface area contributed by atoms with Crippen molar-refractivity contribution >= 4 is 34.2 Å². The Balaban J connectivity index is 1.81. The lowest BCUT2D eigenvalue weighted by Gasteiger charge is -2.43. The smallest absolute Gasteiger partial charge is 0.226 e. The Bertz CT molecular complexity index is 1000. The van der Waals surface area contributed by atoms with Crippen molar-refractivity contribution in [3.63, 3.8) is 0 Å². The summed E-state index contributed by atoms with van der Waals surface area (Å²) in [6.07, 6.45) is 8.77. The molecule has 0 radical (unpaired) electrons. The molecule has 1 amide bonds. The van der Waals surface area contributed by atoms with Gasteiger partial charge in [-0.1, -0.05) is 48.9 Å². The standard InChI is InChI=1S/C28H40IN5O/c1-19(2)25-24(8-7-21(16-30)26(25)31-12-11-29)34-17-20(3)15-23(18-34)32-27(35)28(4,5)22-9-13-33(6)14-10-22/h7-8,11-12,20,22-23H,9-10,13-15,17-18H2,1-6H3,(H,32,35)/b12-11-,31-26?/t20-,23+/m0/s1. The van der Waals surface area contributed by atoms with Gasteiger partial charge in [-0.2, -0.15) is 5.26 Å². The maximum absolute atomic E-state index is 13.5. The molecule has 3 rings (SSSR count). The molecule has 3 aliphatic rings. The third kappa shape index (κ3) is 6.45. The largest absolute Gasteiger partial charge is 0.369 e. The van der Waals surface area contributed by atoms with Crippen molar-refractivity contribution in [3.05, 3.63) is 44.9 Å². The number of nitriles is 1. The molecule has 35 heavy (non-hydrogen) atoms. The predicted octanol–water partition coefficient (Wildman–Crippen LogP) is 5.21. The lowest BCUT2D eigenvalue weighted by Crippen LogP contribution is -2.54. The van der Waals surface area contributed by atoms with Crippen molar-refractivity contribution in [2.24, 2.45) is 22.2 Å². The highest BCUT2D eigenvalue weighted by molar-refractivity contribution is 14.1. The Morgan fingerprint density at radius 3 is 2.54 bits per heavy atom. The summed E-state index contributed by atoms with van der Waals surface area (Å²) in [7, 11) is 2.16. The van der Waals surface area contributed by atoms with Gasteiger partial charge in [0.25, 0.3) is 0 Å². The van der Waals surface area contributed by atoms with E-state index >= 15 is 0 Å². The first kappa shape index (κ1) is 27.7. The summed E-state index contributed by atoms with van der Waals surface area (Å²) in [5, 5.41) is 13.1. The topological polar surface area (TPSA) is 71.7 Å². The summed E-state index contributed by atoms with van der Waals surface area (Å²) in [5.74, 6) is 1.02. The number of carbonyl (C=O) groups is 1. The lowest BCUT2D eigenvalue weighted by molar-refractivity contribution is -0.134. The molecule has 1 aliphatic carbocycles. The van der Waals surface area contributed by atoms with E-state index in [-0.39, 0.29) is 17.4 Å². The Morgan fingerprint density at radius 2 is 1.94 bits per heavy atom. The fourth-order valence-electron chi connectivity index (χ4n) is 5.60. The Hall–Kier alpha value is -1.92. The maximum Gasteiger partial charge on any atom is 0.226 e. The van der Waals surface area contributed by atoms with E-state index in [4.69, 9.17) is 0 Å². The fraction of sp³-hybridized carbons (Fsp3) is 0.607. The zero-order chi connectivity index (χ0) is 25.8. The molecule has 0 unspecified atom stereocenters. The Kier molecular flexibility index (Phi) is 9.39. The van der Waals surface area contributed by atoms with Crippen LogP contribution in [-0.4, -0.2) is 60.7 Å². The quantitative estimate of drug-likeness (QED) is 0.447. The number of amides is 1. The summed E-state index contributed by atoms with van der Waals surface area (Å²) in [4.78, 5) is 22.8. The van der Waals surface area contributed by atoms with Gasteiger partial charge in [0.15, 0.2) is 0 Å². The van der Waals surface area contributed by atoms with E-state index < -0.39 is 0 Å². The highest BCUT2D eigenvalue weighted by Crippen LogP contribution is 2.36. The molecule has 2 atom stereocenters. The van der Waals surface area contributed by atoms with Crippen molar-refractivity contribution in [1.29, 1.82) is 5.26 Å². The van der Waals surface area contributed by atoms with Crippen LogP contribution in [0, 0.1) is 28.6 Å². The van der Waals surface area contributed by atoms with E-state index in [9.17, 15) is 10.1 Å². The summed E-state index contributed by atoms with van der Waals surface area (Å²) in [6.45, 7) is 14.4. The van der Waals surface area contributed by atoms with E-state index in [0.717, 1.165) is 68.0 Å². The van der Waals surface area contributed by atoms with Gasteiger partial charge in [-0.25, -0.2) is 0 Å². The number of nitrogens with zero attached hydrogens (tertiary/aromatic N) is 4. The zero-order valence-electron chi connectivity index (χ0n) is 22.1. The molecule has 0 spiro atoms. The maximum atomic E-state index is 13.5. The van der Waals surface area contributed by atoms with Crippen LogP contribution >= 0.6 is 22.6 Å². The minimum atomic E-state index is -0.377. The number of halogens is 1. The first-order valence-electron chi connectivity index (χ1n) is 12.7. The van der Waals surface area contributed by atoms with E-state index in [2.05, 4.69) is 90.4 Å². The molecule has 0 bridgehead atoms. The second-order valence-corrected chi connectivity index (χ2v) is 11.8. The SMILES string of the molecule is CC(C)=C1C(N2C[C@@H](C)C[C@@H](NC(=O)C(C)(C)C3CCN(C)CC3)C2)=CC=C(C#N)C1=N/C=C\I. The number of piperidine rings is 2. The highest BCUT2D eigenvalue weighted by Gasteiger charge is 2.40. The molecule has 0 aromatic rings. The minimum Gasteiger partial charge on any atom is -0.369 e. The van der Waals surface area contributed by atoms with Gasteiger partial charge in [-0.15, -0.1) is 0 Å². The monoisotopic (exact) mass is 589 g/mol. The number of hydrogen-bond acceptors (Lipinski definition) is 5. The molecule has 0 aromatic carbocycles. The molecule has 2 saturated heterocycles. The third-order valence-corrected chi connectivity index (χ3v) is 8.02. The summed E-state index contributed by atoms with van der Waals surface area (Å²) < 4.78 is 1.85. The highest BCUT2D eigenvalue weighted by atomic mass is 127. The third-order valence-electron chi connectivity index (χ3n) is 7.70. The molecule has 1 N–H and O–H groups in total. The number of likely N-dealkylation sites (tertiary alicyclic amines) is 2. The van der Waals surface area contributed by atoms with Crippen LogP contribution in [0.2, 0.25) is 0 Å². The van der Waals surface area contributed by atoms with Crippen LogP contribution < -0.4 is 5.32 Å². The molecular formula is C28H40IN5O. The van der Waals surface area contributed by atoms with Gasteiger partial charge in [0.1, 0.15) is 6.07 Å². The van der Waals surface area contributed by atoms with Gasteiger partial charge >= 0.3 is 0 Å². The van der Waals surface area contributed by atoms with Crippen molar-refractivity contribution < 1.29 is 4.79 Å². The van der Waals surface area contributed by atoms with Crippen LogP contribution in [0.5, 0.6) is 0 Å². The van der Waals surface area contributed by atoms with Crippen LogP contribution in [0.25, 0.3) is 0 Å². The molecule has 2 fully saturated rings. The van der Waals surface area contributed by atoms with Gasteiger partial charge < -0.3 is 15.1 Å². The van der Waals surface area contributed by atoms with Crippen LogP contribution in [-0.2, 0) is 4.79 Å². The van der Waals surface area contributed by atoms with Crippen LogP contribution in [0.4, 0.5) is 0 Å². The van der Waals surface area contributed by atoms with Crippen molar-refractivity contribution in [3.8, 4) is 6.07 Å². The van der Waals surface area contributed by atoms with Gasteiger partial charge in [-0.05, 0) is 81.3 Å². The Labute approximate surface area is 225 Å². The van der Waals surface area contributed by atoms with Crippen molar-refractivity contribution in [2.75, 3.05) is 33.2 Å². The molecule has 0 saturated carbocycles. The second kappa shape index (κ2) is 11.9. The van der Waals surface area contributed by atoms with Gasteiger partial charge in [0.2, 0.25) is 5.91 Å². The van der Waals surface area contributed by atoms with Crippen LogP contribution in [0.1, 0.15) is 53.9 Å². The van der Waals surface area contributed by atoms with E-state index in [1.807, 2.05) is 16.2 Å². The second-order valence-electron chi connectivity index (χ2n) is 11.1. The summed E-state index contributed by atoms with van der Waals surface area (Å²) in [6, 6.07) is 2.39. The first-order chi connectivity index (χ1) is 16.6. The zero-order valence-corrected chi connectivity index (χ0v) is 24.2. The normalized spacial score (nSPS) is 25.9. The number of carbonyl (C=O) groups excluding carboxylic acids is 1. The van der Waals surface area contributed by atoms with Gasteiger partial charge in [0, 0.05) is 42.0 Å². The Morgan fingerprint density at radius 1 is 1.26 bits per heavy atom. The fourth-order valence-corrected chi connectivity index (χ4v) is 5.76. The van der Waals surface area contributed by atoms with Crippen molar-refractivity contribution in [2.45, 2.75) is 59.9 Å². The summed E-state index contributed by atoms with van der Waals surface area (Å²) in [5.41, 5.74) is 4.15. The van der Waals surface area contributed by atoms with E-state index in [1.54, 1.807) is 6.20 Å². The number of aliphatic imine (C=N–C) groups is 1. The van der Waals surface area contributed by atoms with Crippen molar-refractivity contribution in [1.82, 2.24) is 15.1 Å². The first-order valence-corrected chi connectivity index (χ1v) is 13.9. The molecular weight excluding hydrogens is 549 g/mol. The molecule has 2 heterocycles. The van der Waals surface area contributed by atoms with E-state index in [0.29, 0.717) is 17.4 Å². The molecule has 6 nitrogen and oxygen atoms in total. The minimum absolute atomic E-state index is 0.0899. The number of nitrogens with one attached hydrogen (secondary N) is 1. The average Bonchev–Trinajstić information content (AvgIpc) is 2.81. The molecule has 0 aromatic heterocycles. The molecule has 7 heteroatoms. The number of rotatable bonds is 5. The molecule has 2 aliphatic heterocycles. The van der Waals surface area contributed by atoms with Crippen LogP contribution in [0.3, 0.4) is 0 Å². The average molecular weight is 590 g/mol. The van der Waals surface area contributed by atoms with Gasteiger partial charge in [0.05, 0.1) is 11.3 Å². The van der Waals surface area contributed by atoms with E-state index in [1.165, 1.54) is 0 Å². The number of allylic oxidation sites excluding steroid dienone is 5. The molecule has 190 valence electrons.